The predicted molar refractivity (Wildman–Crippen MR) is 68.1 cm³/mol. The maximum atomic E-state index is 6.16. The van der Waals surface area contributed by atoms with Crippen molar-refractivity contribution in [1.82, 2.24) is 20.1 Å². The first-order chi connectivity index (χ1) is 8.13. The number of hydrogen-bond acceptors (Lipinski definition) is 3. The van der Waals surface area contributed by atoms with Gasteiger partial charge in [-0.25, -0.2) is 0 Å². The zero-order valence-corrected chi connectivity index (χ0v) is 10.9. The average molecular weight is 251 g/mol. The van der Waals surface area contributed by atoms with E-state index in [4.69, 9.17) is 11.6 Å². The maximum absolute atomic E-state index is 6.16. The van der Waals surface area contributed by atoms with Crippen LogP contribution in [-0.4, -0.2) is 21.8 Å². The minimum Gasteiger partial charge on any atom is -0.308 e. The van der Waals surface area contributed by atoms with Crippen LogP contribution in [-0.2, 0) is 7.05 Å². The van der Waals surface area contributed by atoms with E-state index in [1.54, 1.807) is 10.9 Å². The van der Waals surface area contributed by atoms with E-state index in [9.17, 15) is 0 Å². The molecule has 0 aromatic carbocycles. The molecule has 17 heavy (non-hydrogen) atoms. The van der Waals surface area contributed by atoms with Gasteiger partial charge in [0.2, 0.25) is 0 Å². The van der Waals surface area contributed by atoms with Crippen LogP contribution in [0.25, 0.3) is 0 Å². The Labute approximate surface area is 106 Å². The Morgan fingerprint density at radius 2 is 2.12 bits per heavy atom. The van der Waals surface area contributed by atoms with Crippen LogP contribution in [0.1, 0.15) is 22.9 Å². The molecule has 1 atom stereocenters. The second kappa shape index (κ2) is 4.85. The van der Waals surface area contributed by atoms with Gasteiger partial charge in [-0.15, -0.1) is 0 Å². The lowest BCUT2D eigenvalue weighted by Crippen LogP contribution is -2.21. The van der Waals surface area contributed by atoms with E-state index in [1.165, 1.54) is 0 Å². The summed E-state index contributed by atoms with van der Waals surface area (Å²) in [6.07, 6.45) is 5.34. The molecule has 0 amide bonds. The predicted octanol–water partition coefficient (Wildman–Crippen LogP) is 2.09. The second-order valence-electron chi connectivity index (χ2n) is 4.02. The van der Waals surface area contributed by atoms with Gasteiger partial charge in [0.05, 0.1) is 23.0 Å². The van der Waals surface area contributed by atoms with Crippen LogP contribution in [0.5, 0.6) is 0 Å². The molecule has 5 heteroatoms. The molecule has 1 N–H and O–H groups in total. The molecule has 2 aromatic heterocycles. The first-order valence-corrected chi connectivity index (χ1v) is 5.77. The molecule has 0 aliphatic heterocycles. The third kappa shape index (κ3) is 2.33. The van der Waals surface area contributed by atoms with Crippen LogP contribution in [0.4, 0.5) is 0 Å². The third-order valence-electron chi connectivity index (χ3n) is 2.73. The largest absolute Gasteiger partial charge is 0.308 e. The summed E-state index contributed by atoms with van der Waals surface area (Å²) < 4.78 is 1.78. The van der Waals surface area contributed by atoms with Crippen molar-refractivity contribution in [2.75, 3.05) is 7.05 Å². The normalized spacial score (nSPS) is 12.7. The molecular weight excluding hydrogens is 236 g/mol. The van der Waals surface area contributed by atoms with Crippen molar-refractivity contribution in [2.24, 2.45) is 7.05 Å². The van der Waals surface area contributed by atoms with E-state index < -0.39 is 0 Å². The van der Waals surface area contributed by atoms with Crippen molar-refractivity contribution in [3.63, 3.8) is 0 Å². The molecule has 0 bridgehead atoms. The summed E-state index contributed by atoms with van der Waals surface area (Å²) in [4.78, 5) is 4.21. The molecule has 0 aliphatic carbocycles. The third-order valence-corrected chi connectivity index (χ3v) is 3.02. The molecule has 2 aromatic rings. The van der Waals surface area contributed by atoms with Crippen LogP contribution < -0.4 is 5.32 Å². The minimum absolute atomic E-state index is 0.00222. The number of halogens is 1. The lowest BCUT2D eigenvalue weighted by Gasteiger charge is -2.17. The van der Waals surface area contributed by atoms with Gasteiger partial charge in [-0.3, -0.25) is 9.67 Å². The van der Waals surface area contributed by atoms with Gasteiger partial charge in [-0.1, -0.05) is 17.7 Å². The van der Waals surface area contributed by atoms with Gasteiger partial charge in [0, 0.05) is 19.4 Å². The Kier molecular flexibility index (Phi) is 3.45. The smallest absolute Gasteiger partial charge is 0.0837 e. The van der Waals surface area contributed by atoms with Gasteiger partial charge in [0.25, 0.3) is 0 Å². The second-order valence-corrected chi connectivity index (χ2v) is 4.43. The van der Waals surface area contributed by atoms with Crippen LogP contribution in [0.2, 0.25) is 5.02 Å². The molecule has 0 aliphatic rings. The van der Waals surface area contributed by atoms with Gasteiger partial charge in [-0.2, -0.15) is 5.10 Å². The van der Waals surface area contributed by atoms with Crippen molar-refractivity contribution >= 4 is 11.6 Å². The number of hydrogen-bond donors (Lipinski definition) is 1. The number of nitrogens with zero attached hydrogens (tertiary/aromatic N) is 3. The Morgan fingerprint density at radius 3 is 2.65 bits per heavy atom. The number of aromatic nitrogens is 3. The summed E-state index contributed by atoms with van der Waals surface area (Å²) in [5.74, 6) is 0. The van der Waals surface area contributed by atoms with Gasteiger partial charge < -0.3 is 5.32 Å². The highest BCUT2D eigenvalue weighted by molar-refractivity contribution is 6.31. The fourth-order valence-corrected chi connectivity index (χ4v) is 2.22. The monoisotopic (exact) mass is 250 g/mol. The van der Waals surface area contributed by atoms with Crippen molar-refractivity contribution in [1.29, 1.82) is 0 Å². The number of nitrogens with one attached hydrogen (secondary N) is 1. The number of rotatable bonds is 3. The Hall–Kier alpha value is -1.39. The molecule has 1 unspecified atom stereocenters. The standard InChI is InChI=1S/C12H15ClN4/c1-8-4-9(6-15-5-8)11(14-2)12-10(13)7-16-17(12)3/h4-7,11,14H,1-3H3. The summed E-state index contributed by atoms with van der Waals surface area (Å²) in [7, 11) is 3.78. The molecule has 90 valence electrons. The maximum Gasteiger partial charge on any atom is 0.0837 e. The first kappa shape index (κ1) is 12.1. The average Bonchev–Trinajstić information content (AvgIpc) is 2.62. The summed E-state index contributed by atoms with van der Waals surface area (Å²) in [6.45, 7) is 2.02. The molecule has 2 heterocycles. The number of pyridine rings is 1. The van der Waals surface area contributed by atoms with Crippen molar-refractivity contribution < 1.29 is 0 Å². The lowest BCUT2D eigenvalue weighted by atomic mass is 10.0. The van der Waals surface area contributed by atoms with Gasteiger partial charge in [-0.05, 0) is 25.1 Å². The topological polar surface area (TPSA) is 42.7 Å². The first-order valence-electron chi connectivity index (χ1n) is 5.39. The Balaban J connectivity index is 2.47. The summed E-state index contributed by atoms with van der Waals surface area (Å²) in [6, 6.07) is 2.10. The molecule has 0 radical (unpaired) electrons. The lowest BCUT2D eigenvalue weighted by molar-refractivity contribution is 0.604. The van der Waals surface area contributed by atoms with E-state index in [0.717, 1.165) is 16.8 Å². The molecule has 2 rings (SSSR count). The van der Waals surface area contributed by atoms with Gasteiger partial charge in [0.1, 0.15) is 0 Å². The molecule has 0 saturated heterocycles. The minimum atomic E-state index is 0.00222. The SMILES string of the molecule is CNC(c1cncc(C)c1)c1c(Cl)cnn1C. The van der Waals surface area contributed by atoms with E-state index in [1.807, 2.05) is 33.4 Å². The van der Waals surface area contributed by atoms with Crippen molar-refractivity contribution in [3.8, 4) is 0 Å². The fraction of sp³-hybridized carbons (Fsp3) is 0.333. The molecule has 0 saturated carbocycles. The van der Waals surface area contributed by atoms with E-state index in [-0.39, 0.29) is 6.04 Å². The zero-order chi connectivity index (χ0) is 12.4. The van der Waals surface area contributed by atoms with Crippen LogP contribution >= 0.6 is 11.6 Å². The number of aryl methyl sites for hydroxylation is 2. The Bertz CT molecular complexity index is 501. The molecule has 0 spiro atoms. The molecule has 4 nitrogen and oxygen atoms in total. The quantitative estimate of drug-likeness (QED) is 0.907. The van der Waals surface area contributed by atoms with Crippen LogP contribution in [0.3, 0.4) is 0 Å². The highest BCUT2D eigenvalue weighted by Crippen LogP contribution is 2.27. The van der Waals surface area contributed by atoms with E-state index in [2.05, 4.69) is 21.5 Å². The molecular formula is C12H15ClN4. The zero-order valence-electron chi connectivity index (χ0n) is 10.1. The van der Waals surface area contributed by atoms with Gasteiger partial charge in [0.15, 0.2) is 0 Å². The highest BCUT2D eigenvalue weighted by atomic mass is 35.5. The fourth-order valence-electron chi connectivity index (χ4n) is 1.94. The van der Waals surface area contributed by atoms with Crippen molar-refractivity contribution in [2.45, 2.75) is 13.0 Å². The summed E-state index contributed by atoms with van der Waals surface area (Å²) in [5.41, 5.74) is 3.15. The summed E-state index contributed by atoms with van der Waals surface area (Å²) in [5, 5.41) is 8.06. The Morgan fingerprint density at radius 1 is 1.35 bits per heavy atom. The van der Waals surface area contributed by atoms with E-state index in [0.29, 0.717) is 5.02 Å². The van der Waals surface area contributed by atoms with Crippen molar-refractivity contribution in [3.05, 3.63) is 46.5 Å². The molecule has 0 fully saturated rings. The van der Waals surface area contributed by atoms with E-state index >= 15 is 0 Å². The van der Waals surface area contributed by atoms with Gasteiger partial charge >= 0.3 is 0 Å². The summed E-state index contributed by atoms with van der Waals surface area (Å²) >= 11 is 6.16. The highest BCUT2D eigenvalue weighted by Gasteiger charge is 2.19. The van der Waals surface area contributed by atoms with Crippen LogP contribution in [0.15, 0.2) is 24.7 Å². The van der Waals surface area contributed by atoms with Crippen LogP contribution in [0, 0.1) is 6.92 Å².